The second kappa shape index (κ2) is 5.58. The van der Waals surface area contributed by atoms with Crippen molar-refractivity contribution in [3.63, 3.8) is 0 Å². The molecule has 3 rings (SSSR count). The van der Waals surface area contributed by atoms with Crippen LogP contribution in [0.25, 0.3) is 17.1 Å². The minimum atomic E-state index is 0. The molecule has 1 aromatic heterocycles. The summed E-state index contributed by atoms with van der Waals surface area (Å²) in [6.07, 6.45) is 11.0. The van der Waals surface area contributed by atoms with Crippen LogP contribution in [0.1, 0.15) is 5.69 Å². The van der Waals surface area contributed by atoms with Crippen LogP contribution in [0.2, 0.25) is 0 Å². The summed E-state index contributed by atoms with van der Waals surface area (Å²) in [5.41, 5.74) is 2.44. The van der Waals surface area contributed by atoms with E-state index in [-0.39, 0.29) is 37.7 Å². The Balaban J connectivity index is 0.000000640. The zero-order valence-corrected chi connectivity index (χ0v) is 9.64. The first kappa shape index (κ1) is 13.4. The molecule has 0 fully saturated rings. The molecule has 0 saturated heterocycles. The second-order valence-corrected chi connectivity index (χ2v) is 3.31. The molecule has 1 aromatic carbocycles. The minimum absolute atomic E-state index is 0. The van der Waals surface area contributed by atoms with Crippen molar-refractivity contribution >= 4 is 17.1 Å². The molecule has 0 atom stereocenters. The van der Waals surface area contributed by atoms with Crippen molar-refractivity contribution in [2.45, 2.75) is 0 Å². The van der Waals surface area contributed by atoms with Gasteiger partial charge in [0.1, 0.15) is 0 Å². The molecule has 2 aromatic rings. The topological polar surface area (TPSA) is 4.93 Å². The van der Waals surface area contributed by atoms with Gasteiger partial charge in [0.15, 0.2) is 0 Å². The number of aromatic nitrogens is 1. The molecule has 0 N–H and O–H groups in total. The molecule has 0 bridgehead atoms. The Hall–Kier alpha value is -0.695. The van der Waals surface area contributed by atoms with Gasteiger partial charge < -0.3 is 10.6 Å². The Morgan fingerprint density at radius 3 is 2.81 bits per heavy atom. The first-order chi connectivity index (χ1) is 6.95. The molecule has 0 unspecified atom stereocenters. The van der Waals surface area contributed by atoms with Gasteiger partial charge in [0, 0.05) is 5.52 Å². The molecule has 0 radical (unpaired) electrons. The number of fused-ring (bicyclic) bond motifs is 3. The Labute approximate surface area is 120 Å². The SMILES string of the molecule is [C-]1=C[CH-]c2cc3ccccc3n2C=C1.[Li+].[Li+]. The number of benzene rings is 1. The van der Waals surface area contributed by atoms with E-state index in [0.29, 0.717) is 0 Å². The maximum atomic E-state index is 3.06. The van der Waals surface area contributed by atoms with Gasteiger partial charge in [0.05, 0.1) is 0 Å². The van der Waals surface area contributed by atoms with Crippen LogP contribution < -0.4 is 37.7 Å². The van der Waals surface area contributed by atoms with Crippen LogP contribution in [-0.4, -0.2) is 4.57 Å². The Morgan fingerprint density at radius 2 is 1.94 bits per heavy atom. The van der Waals surface area contributed by atoms with E-state index >= 15 is 0 Å². The summed E-state index contributed by atoms with van der Waals surface area (Å²) in [6, 6.07) is 10.6. The van der Waals surface area contributed by atoms with Gasteiger partial charge in [-0.15, -0.1) is 0 Å². The van der Waals surface area contributed by atoms with Gasteiger partial charge in [-0.3, -0.25) is 12.2 Å². The van der Waals surface area contributed by atoms with E-state index in [1.54, 1.807) is 0 Å². The van der Waals surface area contributed by atoms with Crippen LogP contribution in [0.4, 0.5) is 0 Å². The third kappa shape index (κ3) is 2.19. The summed E-state index contributed by atoms with van der Waals surface area (Å²) in [5, 5.41) is 1.28. The minimum Gasteiger partial charge on any atom is -0.444 e. The zero-order chi connectivity index (χ0) is 9.38. The molecule has 68 valence electrons. The smallest absolute Gasteiger partial charge is 0.444 e. The Morgan fingerprint density at radius 1 is 1.12 bits per heavy atom. The van der Waals surface area contributed by atoms with Gasteiger partial charge in [-0.05, 0) is 11.5 Å². The zero-order valence-electron chi connectivity index (χ0n) is 9.64. The van der Waals surface area contributed by atoms with Crippen molar-refractivity contribution in [2.75, 3.05) is 0 Å². The predicted molar refractivity (Wildman–Crippen MR) is 58.5 cm³/mol. The average Bonchev–Trinajstić information content (AvgIpc) is 2.42. The molecule has 16 heavy (non-hydrogen) atoms. The molecule has 0 amide bonds. The fourth-order valence-electron chi connectivity index (χ4n) is 1.80. The van der Waals surface area contributed by atoms with Crippen LogP contribution in [0.5, 0.6) is 0 Å². The van der Waals surface area contributed by atoms with Crippen LogP contribution in [-0.2, 0) is 0 Å². The van der Waals surface area contributed by atoms with E-state index in [9.17, 15) is 0 Å². The maximum Gasteiger partial charge on any atom is 1.00 e. The number of hydrogen-bond donors (Lipinski definition) is 0. The summed E-state index contributed by atoms with van der Waals surface area (Å²) in [5.74, 6) is 0. The number of rotatable bonds is 0. The molecular formula is C13H9Li2N. The van der Waals surface area contributed by atoms with Gasteiger partial charge in [-0.25, -0.2) is 6.42 Å². The average molecular weight is 193 g/mol. The van der Waals surface area contributed by atoms with Gasteiger partial charge in [-0.1, -0.05) is 30.0 Å². The van der Waals surface area contributed by atoms with Gasteiger partial charge >= 0.3 is 37.7 Å². The van der Waals surface area contributed by atoms with Crippen molar-refractivity contribution in [1.29, 1.82) is 0 Å². The van der Waals surface area contributed by atoms with E-state index in [0.717, 1.165) is 0 Å². The molecule has 1 aliphatic heterocycles. The van der Waals surface area contributed by atoms with Crippen LogP contribution in [0.3, 0.4) is 0 Å². The van der Waals surface area contributed by atoms with Gasteiger partial charge in [0.2, 0.25) is 0 Å². The first-order valence-corrected chi connectivity index (χ1v) is 4.64. The number of nitrogens with zero attached hydrogens (tertiary/aromatic N) is 1. The van der Waals surface area contributed by atoms with Gasteiger partial charge in [-0.2, -0.15) is 6.20 Å². The monoisotopic (exact) mass is 193 g/mol. The quantitative estimate of drug-likeness (QED) is 0.311. The number of allylic oxidation sites excluding steroid dienone is 3. The van der Waals surface area contributed by atoms with Crippen LogP contribution in [0, 0.1) is 12.5 Å². The second-order valence-electron chi connectivity index (χ2n) is 3.31. The third-order valence-electron chi connectivity index (χ3n) is 2.45. The van der Waals surface area contributed by atoms with Crippen molar-refractivity contribution < 1.29 is 37.7 Å². The largest absolute Gasteiger partial charge is 1.00 e. The van der Waals surface area contributed by atoms with Crippen molar-refractivity contribution in [2.24, 2.45) is 0 Å². The number of hydrogen-bond acceptors (Lipinski definition) is 0. The molecule has 3 heteroatoms. The Bertz CT molecular complexity index is 538. The molecule has 2 heterocycles. The van der Waals surface area contributed by atoms with Crippen molar-refractivity contribution in [3.8, 4) is 0 Å². The normalized spacial score (nSPS) is 12.0. The van der Waals surface area contributed by atoms with E-state index in [1.807, 2.05) is 18.4 Å². The summed E-state index contributed by atoms with van der Waals surface area (Å²) < 4.78 is 2.17. The molecule has 1 aliphatic rings. The third-order valence-corrected chi connectivity index (χ3v) is 2.45. The summed E-state index contributed by atoms with van der Waals surface area (Å²) >= 11 is 0. The maximum absolute atomic E-state index is 3.06. The van der Waals surface area contributed by atoms with Crippen LogP contribution >= 0.6 is 0 Å². The van der Waals surface area contributed by atoms with Crippen molar-refractivity contribution in [3.05, 3.63) is 60.7 Å². The molecular weight excluding hydrogens is 184 g/mol. The summed E-state index contributed by atoms with van der Waals surface area (Å²) in [4.78, 5) is 0. The summed E-state index contributed by atoms with van der Waals surface area (Å²) in [7, 11) is 0. The van der Waals surface area contributed by atoms with E-state index in [4.69, 9.17) is 0 Å². The number of para-hydroxylation sites is 1. The fraction of sp³-hybridized carbons (Fsp3) is 0. The first-order valence-electron chi connectivity index (χ1n) is 4.64. The van der Waals surface area contributed by atoms with E-state index in [2.05, 4.69) is 47.4 Å². The van der Waals surface area contributed by atoms with Crippen LogP contribution in [0.15, 0.2) is 42.5 Å². The van der Waals surface area contributed by atoms with E-state index in [1.165, 1.54) is 16.6 Å². The molecule has 0 aliphatic carbocycles. The summed E-state index contributed by atoms with van der Waals surface area (Å²) in [6.45, 7) is 0. The molecule has 1 nitrogen and oxygen atoms in total. The van der Waals surface area contributed by atoms with E-state index < -0.39 is 0 Å². The standard InChI is InChI=1S/C13H9N.2Li/c1-2-7-12-10-11-6-3-4-8-13(11)14(12)9-5-1;;/h2-10H;;/q-2;2*+1. The molecule has 0 saturated carbocycles. The Kier molecular flexibility index (Phi) is 4.66. The molecule has 0 spiro atoms. The fourth-order valence-corrected chi connectivity index (χ4v) is 1.80. The van der Waals surface area contributed by atoms with Gasteiger partial charge in [0.25, 0.3) is 0 Å². The van der Waals surface area contributed by atoms with Crippen molar-refractivity contribution in [1.82, 2.24) is 4.57 Å². The predicted octanol–water partition coefficient (Wildman–Crippen LogP) is -2.95.